The van der Waals surface area contributed by atoms with Crippen molar-refractivity contribution in [1.29, 1.82) is 0 Å². The second kappa shape index (κ2) is 4.46. The number of carbonyl (C=O) groups excluding carboxylic acids is 1. The van der Waals surface area contributed by atoms with Gasteiger partial charge >= 0.3 is 0 Å². The largest absolute Gasteiger partial charge is 0.480 e. The molecule has 1 amide bonds. The average Bonchev–Trinajstić information content (AvgIpc) is 2.71. The van der Waals surface area contributed by atoms with Gasteiger partial charge < -0.3 is 4.74 Å². The van der Waals surface area contributed by atoms with E-state index in [0.29, 0.717) is 5.88 Å². The lowest BCUT2D eigenvalue weighted by Crippen LogP contribution is -2.20. The molecule has 0 spiro atoms. The van der Waals surface area contributed by atoms with Crippen molar-refractivity contribution in [2.45, 2.75) is 6.42 Å². The number of nitrogens with one attached hydrogen (secondary N) is 1. The monoisotopic (exact) mass is 238 g/mol. The number of carbonyl (C=O) groups is 1. The minimum absolute atomic E-state index is 0.130. The van der Waals surface area contributed by atoms with E-state index in [1.54, 1.807) is 12.6 Å². The Kier molecular flexibility index (Phi) is 3.02. The maximum atomic E-state index is 11.0. The summed E-state index contributed by atoms with van der Waals surface area (Å²) < 4.78 is 10.2. The van der Waals surface area contributed by atoms with Crippen LogP contribution in [0, 0.1) is 0 Å². The summed E-state index contributed by atoms with van der Waals surface area (Å²) in [5.41, 5.74) is 2.40. The SMILES string of the molecule is COc1nsc2ccc(CC(=O)NO)cc12. The van der Waals surface area contributed by atoms with E-state index in [4.69, 9.17) is 9.94 Å². The van der Waals surface area contributed by atoms with Gasteiger partial charge in [0.1, 0.15) is 0 Å². The smallest absolute Gasteiger partial charge is 0.247 e. The van der Waals surface area contributed by atoms with Gasteiger partial charge in [-0.25, -0.2) is 5.48 Å². The zero-order valence-corrected chi connectivity index (χ0v) is 9.37. The third-order valence-corrected chi connectivity index (χ3v) is 2.99. The summed E-state index contributed by atoms with van der Waals surface area (Å²) in [6.07, 6.45) is 0.130. The Morgan fingerprint density at radius 1 is 1.62 bits per heavy atom. The molecule has 0 aliphatic heterocycles. The summed E-state index contributed by atoms with van der Waals surface area (Å²) in [6.45, 7) is 0. The van der Waals surface area contributed by atoms with Crippen LogP contribution in [-0.2, 0) is 11.2 Å². The lowest BCUT2D eigenvalue weighted by atomic mass is 10.1. The number of fused-ring (bicyclic) bond motifs is 1. The van der Waals surface area contributed by atoms with Crippen molar-refractivity contribution in [2.75, 3.05) is 7.11 Å². The van der Waals surface area contributed by atoms with Gasteiger partial charge in [0.2, 0.25) is 11.8 Å². The molecule has 1 aromatic carbocycles. The molecule has 1 heterocycles. The standard InChI is InChI=1S/C10H10N2O3S/c1-15-10-7-4-6(5-9(13)11-14)2-3-8(7)16-12-10/h2-4,14H,5H2,1H3,(H,11,13). The van der Waals surface area contributed by atoms with E-state index in [1.165, 1.54) is 11.5 Å². The van der Waals surface area contributed by atoms with Gasteiger partial charge in [-0.05, 0) is 29.2 Å². The summed E-state index contributed by atoms with van der Waals surface area (Å²) in [4.78, 5) is 11.0. The van der Waals surface area contributed by atoms with Gasteiger partial charge in [0.05, 0.1) is 23.6 Å². The van der Waals surface area contributed by atoms with Crippen molar-refractivity contribution in [2.24, 2.45) is 0 Å². The van der Waals surface area contributed by atoms with Crippen molar-refractivity contribution in [3.63, 3.8) is 0 Å². The highest BCUT2D eigenvalue weighted by molar-refractivity contribution is 7.13. The summed E-state index contributed by atoms with van der Waals surface area (Å²) in [7, 11) is 1.56. The molecule has 0 aliphatic rings. The molecule has 16 heavy (non-hydrogen) atoms. The molecule has 84 valence electrons. The maximum Gasteiger partial charge on any atom is 0.247 e. The van der Waals surface area contributed by atoms with Crippen LogP contribution < -0.4 is 10.2 Å². The topological polar surface area (TPSA) is 71.5 Å². The molecule has 2 rings (SSSR count). The van der Waals surface area contributed by atoms with Crippen LogP contribution in [0.15, 0.2) is 18.2 Å². The van der Waals surface area contributed by atoms with Crippen LogP contribution in [0.2, 0.25) is 0 Å². The van der Waals surface area contributed by atoms with Crippen LogP contribution in [-0.4, -0.2) is 22.6 Å². The number of hydrogen-bond donors (Lipinski definition) is 2. The minimum atomic E-state index is -0.443. The first-order chi connectivity index (χ1) is 7.74. The van der Waals surface area contributed by atoms with Crippen LogP contribution in [0.1, 0.15) is 5.56 Å². The molecule has 0 radical (unpaired) electrons. The lowest BCUT2D eigenvalue weighted by Gasteiger charge is -2.00. The molecule has 6 heteroatoms. The number of hydroxylamine groups is 1. The van der Waals surface area contributed by atoms with Crippen LogP contribution in [0.4, 0.5) is 0 Å². The van der Waals surface area contributed by atoms with Crippen LogP contribution in [0.3, 0.4) is 0 Å². The Hall–Kier alpha value is -1.66. The van der Waals surface area contributed by atoms with Gasteiger partial charge in [0.25, 0.3) is 0 Å². The predicted molar refractivity (Wildman–Crippen MR) is 59.8 cm³/mol. The quantitative estimate of drug-likeness (QED) is 0.625. The van der Waals surface area contributed by atoms with Crippen molar-refractivity contribution < 1.29 is 14.7 Å². The highest BCUT2D eigenvalue weighted by atomic mass is 32.1. The molecule has 5 nitrogen and oxygen atoms in total. The van der Waals surface area contributed by atoms with E-state index >= 15 is 0 Å². The zero-order chi connectivity index (χ0) is 11.5. The fourth-order valence-electron chi connectivity index (χ4n) is 1.45. The van der Waals surface area contributed by atoms with Crippen molar-refractivity contribution in [3.05, 3.63) is 23.8 Å². The molecule has 0 saturated heterocycles. The first-order valence-electron chi connectivity index (χ1n) is 4.60. The Balaban J connectivity index is 2.37. The fraction of sp³-hybridized carbons (Fsp3) is 0.200. The number of amides is 1. The first kappa shape index (κ1) is 10.8. The normalized spacial score (nSPS) is 10.4. The Bertz CT molecular complexity index is 524. The van der Waals surface area contributed by atoms with E-state index in [9.17, 15) is 4.79 Å². The number of hydrogen-bond acceptors (Lipinski definition) is 5. The molecular weight excluding hydrogens is 228 g/mol. The molecule has 1 aromatic heterocycles. The van der Waals surface area contributed by atoms with Gasteiger partial charge in [0, 0.05) is 0 Å². The molecule has 2 aromatic rings. The van der Waals surface area contributed by atoms with E-state index in [2.05, 4.69) is 4.37 Å². The molecule has 0 bridgehead atoms. The van der Waals surface area contributed by atoms with Crippen molar-refractivity contribution >= 4 is 27.5 Å². The van der Waals surface area contributed by atoms with Crippen LogP contribution >= 0.6 is 11.5 Å². The summed E-state index contributed by atoms with van der Waals surface area (Å²) in [5.74, 6) is 0.118. The van der Waals surface area contributed by atoms with Gasteiger partial charge in [-0.1, -0.05) is 6.07 Å². The predicted octanol–water partition coefficient (Wildman–Crippen LogP) is 1.35. The number of methoxy groups -OCH3 is 1. The number of ether oxygens (including phenoxy) is 1. The molecule has 0 unspecified atom stereocenters. The summed E-state index contributed by atoms with van der Waals surface area (Å²) in [5, 5.41) is 9.32. The van der Waals surface area contributed by atoms with Gasteiger partial charge in [0.15, 0.2) is 0 Å². The highest BCUT2D eigenvalue weighted by Gasteiger charge is 2.08. The summed E-state index contributed by atoms with van der Waals surface area (Å²) in [6, 6.07) is 5.55. The highest BCUT2D eigenvalue weighted by Crippen LogP contribution is 2.29. The zero-order valence-electron chi connectivity index (χ0n) is 8.56. The first-order valence-corrected chi connectivity index (χ1v) is 5.37. The Morgan fingerprint density at radius 2 is 2.44 bits per heavy atom. The number of aromatic nitrogens is 1. The molecule has 2 N–H and O–H groups in total. The minimum Gasteiger partial charge on any atom is -0.480 e. The van der Waals surface area contributed by atoms with Gasteiger partial charge in [-0.3, -0.25) is 10.0 Å². The molecule has 0 aliphatic carbocycles. The molecule has 0 saturated carbocycles. The second-order valence-electron chi connectivity index (χ2n) is 3.23. The molecular formula is C10H10N2O3S. The van der Waals surface area contributed by atoms with E-state index in [0.717, 1.165) is 15.6 Å². The van der Waals surface area contributed by atoms with Gasteiger partial charge in [-0.2, -0.15) is 4.37 Å². The summed E-state index contributed by atoms with van der Waals surface area (Å²) >= 11 is 1.35. The van der Waals surface area contributed by atoms with Crippen LogP contribution in [0.5, 0.6) is 5.88 Å². The number of nitrogens with zero attached hydrogens (tertiary/aromatic N) is 1. The third-order valence-electron chi connectivity index (χ3n) is 2.18. The maximum absolute atomic E-state index is 11.0. The Morgan fingerprint density at radius 3 is 3.12 bits per heavy atom. The second-order valence-corrected chi connectivity index (χ2v) is 4.04. The van der Waals surface area contributed by atoms with Crippen LogP contribution in [0.25, 0.3) is 10.1 Å². The molecule has 0 atom stereocenters. The number of rotatable bonds is 3. The van der Waals surface area contributed by atoms with Gasteiger partial charge in [-0.15, -0.1) is 0 Å². The van der Waals surface area contributed by atoms with E-state index in [1.807, 2.05) is 18.2 Å². The fourth-order valence-corrected chi connectivity index (χ4v) is 2.17. The third kappa shape index (κ3) is 1.98. The lowest BCUT2D eigenvalue weighted by molar-refractivity contribution is -0.128. The van der Waals surface area contributed by atoms with Crippen molar-refractivity contribution in [3.8, 4) is 5.88 Å². The van der Waals surface area contributed by atoms with Crippen molar-refractivity contribution in [1.82, 2.24) is 9.85 Å². The molecule has 0 fully saturated rings. The number of benzene rings is 1. The average molecular weight is 238 g/mol. The van der Waals surface area contributed by atoms with E-state index < -0.39 is 5.91 Å². The Labute approximate surface area is 95.8 Å². The van der Waals surface area contributed by atoms with E-state index in [-0.39, 0.29) is 6.42 Å².